The fourth-order valence-corrected chi connectivity index (χ4v) is 7.64. The van der Waals surface area contributed by atoms with E-state index < -0.39 is 0 Å². The van der Waals surface area contributed by atoms with E-state index in [2.05, 4.69) is 42.8 Å². The molecule has 198 valence electrons. The molecule has 3 heterocycles. The van der Waals surface area contributed by atoms with Gasteiger partial charge in [-0.05, 0) is 76.9 Å². The van der Waals surface area contributed by atoms with Crippen molar-refractivity contribution in [2.45, 2.75) is 45.1 Å². The van der Waals surface area contributed by atoms with E-state index in [0.29, 0.717) is 43.5 Å². The van der Waals surface area contributed by atoms with Crippen molar-refractivity contribution >= 4 is 55.3 Å². The van der Waals surface area contributed by atoms with Crippen LogP contribution in [0.5, 0.6) is 0 Å². The average Bonchev–Trinajstić information content (AvgIpc) is 3.02. The third-order valence-corrected chi connectivity index (χ3v) is 9.37. The third-order valence-electron chi connectivity index (χ3n) is 8.06. The lowest BCUT2D eigenvalue weighted by molar-refractivity contribution is -0.911. The van der Waals surface area contributed by atoms with Crippen LogP contribution in [0.4, 0.5) is 0 Å². The number of carbonyl (C=O) groups excluding carboxylic acids is 2. The number of hydrogen-bond acceptors (Lipinski definition) is 4. The number of halogens is 3. The van der Waals surface area contributed by atoms with Gasteiger partial charge in [-0.25, -0.2) is 0 Å². The van der Waals surface area contributed by atoms with E-state index >= 15 is 0 Å². The fraction of sp³-hybridized carbons (Fsp3) is 0.519. The Labute approximate surface area is 239 Å². The first-order chi connectivity index (χ1) is 17.7. The van der Waals surface area contributed by atoms with Gasteiger partial charge in [-0.2, -0.15) is 0 Å². The molecule has 0 radical (unpaired) electrons. The maximum atomic E-state index is 13.2. The maximum absolute atomic E-state index is 13.2. The van der Waals surface area contributed by atoms with Crippen LogP contribution in [0.2, 0.25) is 5.02 Å². The number of nitrogens with zero attached hydrogens (tertiary/aromatic N) is 4. The molecule has 0 bridgehead atoms. The molecule has 1 aromatic carbocycles. The summed E-state index contributed by atoms with van der Waals surface area (Å²) < 4.78 is 3.02. The van der Waals surface area contributed by atoms with Crippen LogP contribution in [0.15, 0.2) is 33.3 Å². The zero-order chi connectivity index (χ0) is 26.3. The molecule has 2 fully saturated rings. The molecule has 10 heteroatoms. The van der Waals surface area contributed by atoms with Gasteiger partial charge < -0.3 is 9.80 Å². The summed E-state index contributed by atoms with van der Waals surface area (Å²) in [5.74, 6) is 0.666. The first-order valence-electron chi connectivity index (χ1n) is 12.9. The predicted molar refractivity (Wildman–Crippen MR) is 148 cm³/mol. The maximum Gasteiger partial charge on any atom is 0.258 e. The number of amides is 2. The van der Waals surface area contributed by atoms with Crippen molar-refractivity contribution in [1.82, 2.24) is 14.7 Å². The molecule has 3 aliphatic rings. The first kappa shape index (κ1) is 26.9. The Kier molecular flexibility index (Phi) is 8.15. The van der Waals surface area contributed by atoms with E-state index in [1.54, 1.807) is 13.1 Å². The van der Waals surface area contributed by atoms with Gasteiger partial charge in [0.2, 0.25) is 18.0 Å². The first-order valence-corrected chi connectivity index (χ1v) is 14.9. The molecule has 2 amide bonds. The van der Waals surface area contributed by atoms with E-state index in [1.807, 2.05) is 21.9 Å². The zero-order valence-corrected chi connectivity index (χ0v) is 24.9. The second-order valence-electron chi connectivity index (χ2n) is 10.3. The number of aryl methyl sites for hydroxylation is 2. The highest BCUT2D eigenvalue weighted by molar-refractivity contribution is 9.10. The van der Waals surface area contributed by atoms with E-state index in [-0.39, 0.29) is 17.9 Å². The molecule has 0 spiro atoms. The number of fused-ring (bicyclic) bond motifs is 2. The van der Waals surface area contributed by atoms with Gasteiger partial charge in [0, 0.05) is 72.4 Å². The number of benzene rings is 1. The van der Waals surface area contributed by atoms with Gasteiger partial charge in [0.05, 0.1) is 4.47 Å². The summed E-state index contributed by atoms with van der Waals surface area (Å²) in [7, 11) is 0. The Balaban J connectivity index is 1.34. The molecule has 1 unspecified atom stereocenters. The van der Waals surface area contributed by atoms with Crippen LogP contribution in [-0.4, -0.2) is 71.0 Å². The average molecular weight is 656 g/mol. The molecule has 2 aromatic rings. The molecule has 1 aliphatic carbocycles. The quantitative estimate of drug-likeness (QED) is 0.394. The summed E-state index contributed by atoms with van der Waals surface area (Å²) in [4.78, 5) is 31.0. The fourth-order valence-electron chi connectivity index (χ4n) is 6.08. The van der Waals surface area contributed by atoms with E-state index in [9.17, 15) is 14.8 Å². The second-order valence-corrected chi connectivity index (χ2v) is 12.6. The minimum absolute atomic E-state index is 0.119. The summed E-state index contributed by atoms with van der Waals surface area (Å²) in [6, 6.07) is 5.89. The summed E-state index contributed by atoms with van der Waals surface area (Å²) in [5, 5.41) is 11.7. The Morgan fingerprint density at radius 3 is 2.35 bits per heavy atom. The Bertz CT molecular complexity index is 1150. The number of aromatic nitrogens is 1. The summed E-state index contributed by atoms with van der Waals surface area (Å²) in [6.07, 6.45) is 5.66. The second kappa shape index (κ2) is 11.2. The number of piperazine rings is 1. The number of likely N-dealkylation sites (tertiary alicyclic amines) is 1. The van der Waals surface area contributed by atoms with Crippen LogP contribution >= 0.6 is 43.5 Å². The van der Waals surface area contributed by atoms with Crippen molar-refractivity contribution in [3.8, 4) is 0 Å². The Morgan fingerprint density at radius 2 is 1.68 bits per heavy atom. The van der Waals surface area contributed by atoms with Gasteiger partial charge >= 0.3 is 0 Å². The van der Waals surface area contributed by atoms with Crippen LogP contribution in [0, 0.1) is 5.92 Å². The van der Waals surface area contributed by atoms with Gasteiger partial charge in [-0.1, -0.05) is 27.5 Å². The molecule has 2 aliphatic heterocycles. The molecule has 37 heavy (non-hydrogen) atoms. The van der Waals surface area contributed by atoms with Crippen molar-refractivity contribution in [1.29, 1.82) is 0 Å². The SMILES string of the molecule is CC(=O)N1CCC(CC(=O)N2CCN(C3c4c(Br)cc(Cl)cc4CCc4cc(Br)c[n+](O)c43)CC2)CC1. The standard InChI is InChI=1S/C27H32Br2ClN4O3/c1-17(35)31-6-4-18(5-7-31)12-24(36)32-8-10-33(11-9-32)27-25-19(14-22(30)15-23(25)29)2-3-20-13-21(28)16-34(37)26(20)27/h13-16,18,27,37H,2-12H2,1H3/q+1. The van der Waals surface area contributed by atoms with Crippen LogP contribution < -0.4 is 4.73 Å². The van der Waals surface area contributed by atoms with Crippen molar-refractivity contribution in [2.24, 2.45) is 5.92 Å². The third kappa shape index (κ3) is 5.70. The highest BCUT2D eigenvalue weighted by Gasteiger charge is 2.40. The smallest absolute Gasteiger partial charge is 0.258 e. The van der Waals surface area contributed by atoms with Crippen LogP contribution in [0.25, 0.3) is 0 Å². The number of hydrogen-bond donors (Lipinski definition) is 1. The summed E-state index contributed by atoms with van der Waals surface area (Å²) in [6.45, 7) is 5.83. The molecule has 2 saturated heterocycles. The van der Waals surface area contributed by atoms with Gasteiger partial charge in [0.1, 0.15) is 6.04 Å². The van der Waals surface area contributed by atoms with Crippen molar-refractivity contribution in [3.05, 3.63) is 60.7 Å². The van der Waals surface area contributed by atoms with E-state index in [4.69, 9.17) is 11.6 Å². The predicted octanol–water partition coefficient (Wildman–Crippen LogP) is 4.37. The summed E-state index contributed by atoms with van der Waals surface area (Å²) in [5.41, 5.74) is 4.26. The minimum atomic E-state index is -0.162. The van der Waals surface area contributed by atoms with Crippen molar-refractivity contribution in [2.75, 3.05) is 39.3 Å². The largest absolute Gasteiger partial charge is 0.343 e. The van der Waals surface area contributed by atoms with Crippen molar-refractivity contribution in [3.63, 3.8) is 0 Å². The van der Waals surface area contributed by atoms with Gasteiger partial charge in [-0.3, -0.25) is 19.7 Å². The monoisotopic (exact) mass is 653 g/mol. The van der Waals surface area contributed by atoms with Crippen LogP contribution in [0.1, 0.15) is 54.6 Å². The molecule has 1 N–H and O–H groups in total. The number of pyridine rings is 1. The minimum Gasteiger partial charge on any atom is -0.343 e. The Hall–Kier alpha value is -1.68. The molecule has 0 saturated carbocycles. The zero-order valence-electron chi connectivity index (χ0n) is 20.9. The molecule has 5 rings (SSSR count). The molecule has 7 nitrogen and oxygen atoms in total. The lowest BCUT2D eigenvalue weighted by Gasteiger charge is -2.39. The van der Waals surface area contributed by atoms with E-state index in [0.717, 1.165) is 64.5 Å². The van der Waals surface area contributed by atoms with Crippen LogP contribution in [-0.2, 0) is 22.4 Å². The van der Waals surface area contributed by atoms with Crippen LogP contribution in [0.3, 0.4) is 0 Å². The highest BCUT2D eigenvalue weighted by Crippen LogP contribution is 2.41. The van der Waals surface area contributed by atoms with Gasteiger partial charge in [0.15, 0.2) is 0 Å². The highest BCUT2D eigenvalue weighted by atomic mass is 79.9. The Morgan fingerprint density at radius 1 is 1.00 bits per heavy atom. The van der Waals surface area contributed by atoms with E-state index in [1.165, 1.54) is 10.3 Å². The molecular formula is C27H32Br2ClN4O3+. The number of carbonyl (C=O) groups is 2. The topological polar surface area (TPSA) is 68.0 Å². The molecular weight excluding hydrogens is 624 g/mol. The van der Waals surface area contributed by atoms with Gasteiger partial charge in [0.25, 0.3) is 5.69 Å². The molecule has 1 atom stereocenters. The lowest BCUT2D eigenvalue weighted by Crippen LogP contribution is -2.52. The number of piperidine rings is 1. The van der Waals surface area contributed by atoms with Crippen molar-refractivity contribution < 1.29 is 19.5 Å². The molecule has 1 aromatic heterocycles. The summed E-state index contributed by atoms with van der Waals surface area (Å²) >= 11 is 13.7. The normalized spacial score (nSPS) is 20.8. The van der Waals surface area contributed by atoms with Gasteiger partial charge in [-0.15, -0.1) is 0 Å². The number of rotatable bonds is 3. The lowest BCUT2D eigenvalue weighted by atomic mass is 9.92.